The minimum atomic E-state index is -0.746. The number of aryl methyl sites for hydroxylation is 1. The normalized spacial score (nSPS) is 12.9. The topological polar surface area (TPSA) is 142 Å². The Bertz CT molecular complexity index is 1030. The number of esters is 1. The highest BCUT2D eigenvalue weighted by Gasteiger charge is 2.25. The van der Waals surface area contributed by atoms with Crippen LogP contribution in [0.5, 0.6) is 0 Å². The highest BCUT2D eigenvalue weighted by Crippen LogP contribution is 2.37. The van der Waals surface area contributed by atoms with Gasteiger partial charge in [-0.2, -0.15) is 0 Å². The average Bonchev–Trinajstić information content (AvgIpc) is 3.08. The number of ether oxygens (including phenoxy) is 1. The summed E-state index contributed by atoms with van der Waals surface area (Å²) in [6, 6.07) is 5.60. The minimum absolute atomic E-state index is 0.0583. The average molecular weight is 429 g/mol. The predicted octanol–water partition coefficient (Wildman–Crippen LogP) is 2.83. The summed E-state index contributed by atoms with van der Waals surface area (Å²) in [7, 11) is 0. The molecular formula is C20H19N3O6S. The second-order valence-electron chi connectivity index (χ2n) is 6.62. The number of fused-ring (bicyclic) bond motifs is 1. The van der Waals surface area contributed by atoms with E-state index in [9.17, 15) is 24.5 Å². The van der Waals surface area contributed by atoms with E-state index in [0.29, 0.717) is 16.1 Å². The Kier molecular flexibility index (Phi) is 6.58. The number of anilines is 1. The highest BCUT2D eigenvalue weighted by molar-refractivity contribution is 7.17. The first-order chi connectivity index (χ1) is 14.3. The molecule has 0 fully saturated rings. The number of nitrogens with one attached hydrogen (secondary N) is 1. The van der Waals surface area contributed by atoms with Gasteiger partial charge in [0, 0.05) is 23.1 Å². The van der Waals surface area contributed by atoms with E-state index in [1.165, 1.54) is 41.7 Å². The molecule has 156 valence electrons. The number of carbonyl (C=O) groups is 3. The molecule has 0 bridgehead atoms. The fourth-order valence-electron chi connectivity index (χ4n) is 3.13. The number of primary amides is 1. The van der Waals surface area contributed by atoms with Gasteiger partial charge in [-0.25, -0.2) is 4.79 Å². The van der Waals surface area contributed by atoms with Gasteiger partial charge in [-0.1, -0.05) is 0 Å². The zero-order chi connectivity index (χ0) is 21.7. The van der Waals surface area contributed by atoms with Crippen LogP contribution in [0.4, 0.5) is 10.7 Å². The van der Waals surface area contributed by atoms with E-state index in [-0.39, 0.29) is 5.69 Å². The van der Waals surface area contributed by atoms with Crippen LogP contribution in [-0.2, 0) is 27.2 Å². The zero-order valence-electron chi connectivity index (χ0n) is 15.9. The van der Waals surface area contributed by atoms with Gasteiger partial charge >= 0.3 is 5.97 Å². The molecule has 10 heteroatoms. The number of rotatable bonds is 7. The van der Waals surface area contributed by atoms with E-state index in [2.05, 4.69) is 5.32 Å². The quantitative estimate of drug-likeness (QED) is 0.300. The number of hydrogen-bond acceptors (Lipinski definition) is 7. The molecule has 0 unspecified atom stereocenters. The molecule has 1 aliphatic carbocycles. The standard InChI is InChI=1S/C20H19N3O6S/c21-19(26)18-14-3-1-2-4-15(14)30-20(18)22-16(24)11-29-17(25)10-7-12-5-8-13(9-6-12)23(27)28/h5-10H,1-4,11H2,(H2,21,26)(H,22,24)/b10-7+. The monoisotopic (exact) mass is 429 g/mol. The lowest BCUT2D eigenvalue weighted by molar-refractivity contribution is -0.384. The van der Waals surface area contributed by atoms with Crippen molar-refractivity contribution < 1.29 is 24.0 Å². The summed E-state index contributed by atoms with van der Waals surface area (Å²) in [5.41, 5.74) is 7.24. The fraction of sp³-hybridized carbons (Fsp3) is 0.250. The van der Waals surface area contributed by atoms with Gasteiger partial charge in [0.05, 0.1) is 10.5 Å². The van der Waals surface area contributed by atoms with Crippen LogP contribution in [0.25, 0.3) is 6.08 Å². The number of carbonyl (C=O) groups excluding carboxylic acids is 3. The number of benzene rings is 1. The lowest BCUT2D eigenvalue weighted by Crippen LogP contribution is -2.22. The van der Waals surface area contributed by atoms with Crippen molar-refractivity contribution in [1.29, 1.82) is 0 Å². The molecule has 0 radical (unpaired) electrons. The summed E-state index contributed by atoms with van der Waals surface area (Å²) in [5.74, 6) is -1.91. The summed E-state index contributed by atoms with van der Waals surface area (Å²) < 4.78 is 4.90. The number of nitrogens with two attached hydrogens (primary N) is 1. The molecule has 0 saturated carbocycles. The van der Waals surface area contributed by atoms with Gasteiger partial charge in [0.1, 0.15) is 5.00 Å². The molecule has 30 heavy (non-hydrogen) atoms. The lowest BCUT2D eigenvalue weighted by atomic mass is 9.95. The van der Waals surface area contributed by atoms with Crippen LogP contribution < -0.4 is 11.1 Å². The first-order valence-corrected chi connectivity index (χ1v) is 10.0. The maximum absolute atomic E-state index is 12.2. The van der Waals surface area contributed by atoms with Crippen LogP contribution in [0.15, 0.2) is 30.3 Å². The molecule has 0 saturated heterocycles. The van der Waals surface area contributed by atoms with E-state index < -0.39 is 29.3 Å². The molecule has 2 amide bonds. The van der Waals surface area contributed by atoms with Crippen LogP contribution in [-0.4, -0.2) is 29.3 Å². The third-order valence-electron chi connectivity index (χ3n) is 4.53. The van der Waals surface area contributed by atoms with E-state index in [1.807, 2.05) is 0 Å². The first-order valence-electron chi connectivity index (χ1n) is 9.18. The van der Waals surface area contributed by atoms with Gasteiger partial charge < -0.3 is 15.8 Å². The van der Waals surface area contributed by atoms with Crippen molar-refractivity contribution in [1.82, 2.24) is 0 Å². The molecule has 3 N–H and O–H groups in total. The first kappa shape index (κ1) is 21.2. The molecule has 1 aromatic heterocycles. The van der Waals surface area contributed by atoms with Crippen molar-refractivity contribution in [2.75, 3.05) is 11.9 Å². The van der Waals surface area contributed by atoms with Crippen LogP contribution in [0, 0.1) is 10.1 Å². The Hall–Kier alpha value is -3.53. The maximum Gasteiger partial charge on any atom is 0.331 e. The van der Waals surface area contributed by atoms with E-state index in [1.54, 1.807) is 0 Å². The Labute approximate surface area is 175 Å². The van der Waals surface area contributed by atoms with Gasteiger partial charge in [0.25, 0.3) is 17.5 Å². The third-order valence-corrected chi connectivity index (χ3v) is 5.74. The van der Waals surface area contributed by atoms with Crippen LogP contribution in [0.3, 0.4) is 0 Å². The van der Waals surface area contributed by atoms with E-state index >= 15 is 0 Å². The van der Waals surface area contributed by atoms with Crippen molar-refractivity contribution in [3.63, 3.8) is 0 Å². The molecule has 3 rings (SSSR count). The summed E-state index contributed by atoms with van der Waals surface area (Å²) in [6.45, 7) is -0.524. The predicted molar refractivity (Wildman–Crippen MR) is 111 cm³/mol. The Morgan fingerprint density at radius 2 is 1.90 bits per heavy atom. The molecule has 1 aliphatic rings. The smallest absolute Gasteiger partial charge is 0.331 e. The van der Waals surface area contributed by atoms with Gasteiger partial charge in [0.2, 0.25) is 0 Å². The fourth-order valence-corrected chi connectivity index (χ4v) is 4.44. The van der Waals surface area contributed by atoms with Gasteiger partial charge in [0.15, 0.2) is 6.61 Å². The van der Waals surface area contributed by atoms with E-state index in [4.69, 9.17) is 10.5 Å². The number of non-ortho nitro benzene ring substituents is 1. The van der Waals surface area contributed by atoms with Gasteiger partial charge in [-0.05, 0) is 55.0 Å². The maximum atomic E-state index is 12.2. The zero-order valence-corrected chi connectivity index (χ0v) is 16.7. The molecule has 9 nitrogen and oxygen atoms in total. The number of nitro benzene ring substituents is 1. The lowest BCUT2D eigenvalue weighted by Gasteiger charge is -2.11. The molecule has 1 heterocycles. The Morgan fingerprint density at radius 3 is 2.57 bits per heavy atom. The van der Waals surface area contributed by atoms with Gasteiger partial charge in [-0.3, -0.25) is 19.7 Å². The number of amides is 2. The van der Waals surface area contributed by atoms with Crippen molar-refractivity contribution >= 4 is 45.9 Å². The summed E-state index contributed by atoms with van der Waals surface area (Å²) in [4.78, 5) is 47.0. The van der Waals surface area contributed by atoms with Crippen molar-refractivity contribution in [3.05, 3.63) is 62.0 Å². The van der Waals surface area contributed by atoms with Crippen molar-refractivity contribution in [2.45, 2.75) is 25.7 Å². The van der Waals surface area contributed by atoms with Gasteiger partial charge in [-0.15, -0.1) is 11.3 Å². The molecular weight excluding hydrogens is 410 g/mol. The number of thiophene rings is 1. The third kappa shape index (κ3) is 5.09. The minimum Gasteiger partial charge on any atom is -0.452 e. The molecule has 0 aliphatic heterocycles. The Morgan fingerprint density at radius 1 is 1.20 bits per heavy atom. The number of hydrogen-bond donors (Lipinski definition) is 2. The number of nitrogens with zero attached hydrogens (tertiary/aromatic N) is 1. The summed E-state index contributed by atoms with van der Waals surface area (Å²) in [6.07, 6.45) is 6.13. The molecule has 0 atom stereocenters. The molecule has 0 spiro atoms. The largest absolute Gasteiger partial charge is 0.452 e. The summed E-state index contributed by atoms with van der Waals surface area (Å²) >= 11 is 1.33. The second kappa shape index (κ2) is 9.31. The summed E-state index contributed by atoms with van der Waals surface area (Å²) in [5, 5.41) is 13.6. The van der Waals surface area contributed by atoms with Crippen LogP contribution >= 0.6 is 11.3 Å². The molecule has 1 aromatic carbocycles. The number of nitro groups is 1. The molecule has 2 aromatic rings. The SMILES string of the molecule is NC(=O)c1c(NC(=O)COC(=O)/C=C/c2ccc([N+](=O)[O-])cc2)sc2c1CCCC2. The second-order valence-corrected chi connectivity index (χ2v) is 7.72. The van der Waals surface area contributed by atoms with Crippen LogP contribution in [0.1, 0.15) is 39.2 Å². The van der Waals surface area contributed by atoms with Crippen molar-refractivity contribution in [2.24, 2.45) is 5.73 Å². The highest BCUT2D eigenvalue weighted by atomic mass is 32.1. The van der Waals surface area contributed by atoms with Crippen LogP contribution in [0.2, 0.25) is 0 Å². The van der Waals surface area contributed by atoms with E-state index in [0.717, 1.165) is 42.2 Å². The Balaban J connectivity index is 1.55. The van der Waals surface area contributed by atoms with Crippen molar-refractivity contribution in [3.8, 4) is 0 Å².